The minimum atomic E-state index is -1.71. The van der Waals surface area contributed by atoms with Gasteiger partial charge in [0.05, 0.1) is 24.0 Å². The van der Waals surface area contributed by atoms with Gasteiger partial charge in [-0.3, -0.25) is 0 Å². The minimum Gasteiger partial charge on any atom is -0.386 e. The third kappa shape index (κ3) is 3.49. The summed E-state index contributed by atoms with van der Waals surface area (Å²) in [7, 11) is -1.71. The van der Waals surface area contributed by atoms with Crippen molar-refractivity contribution in [3.63, 3.8) is 0 Å². The monoisotopic (exact) mass is 369 g/mol. The van der Waals surface area contributed by atoms with E-state index in [4.69, 9.17) is 0 Å². The average Bonchev–Trinajstić information content (AvgIpc) is 2.71. The van der Waals surface area contributed by atoms with Crippen LogP contribution < -0.4 is 10.6 Å². The summed E-state index contributed by atoms with van der Waals surface area (Å²) in [5.41, 5.74) is -0.386. The first-order valence-corrected chi connectivity index (χ1v) is 12.3. The van der Waals surface area contributed by atoms with Gasteiger partial charge in [0.15, 0.2) is 0 Å². The topological polar surface area (TPSA) is 20.2 Å². The van der Waals surface area contributed by atoms with Crippen molar-refractivity contribution in [3.8, 4) is 0 Å². The second kappa shape index (κ2) is 8.24. The Balaban J connectivity index is 2.11. The van der Waals surface area contributed by atoms with Crippen LogP contribution in [0.15, 0.2) is 60.7 Å². The summed E-state index contributed by atoms with van der Waals surface area (Å²) in [6.45, 7) is 6.77. The second-order valence-electron chi connectivity index (χ2n) is 8.09. The van der Waals surface area contributed by atoms with Crippen LogP contribution in [0.2, 0.25) is 0 Å². The molecule has 1 aliphatic rings. The summed E-state index contributed by atoms with van der Waals surface area (Å²) >= 11 is 0. The summed E-state index contributed by atoms with van der Waals surface area (Å²) < 4.78 is 0. The van der Waals surface area contributed by atoms with Gasteiger partial charge in [-0.25, -0.2) is 0 Å². The lowest BCUT2D eigenvalue weighted by atomic mass is 9.76. The molecule has 0 bridgehead atoms. The molecule has 0 heterocycles. The van der Waals surface area contributed by atoms with Gasteiger partial charge < -0.3 is 5.11 Å². The van der Waals surface area contributed by atoms with E-state index in [1.807, 2.05) is 0 Å². The molecule has 3 rings (SSSR count). The number of hydrogen-bond donors (Lipinski definition) is 1. The fourth-order valence-electron chi connectivity index (χ4n) is 5.10. The maximum absolute atomic E-state index is 11.8. The highest BCUT2D eigenvalue weighted by Gasteiger charge is 2.55. The molecule has 1 saturated carbocycles. The van der Waals surface area contributed by atoms with E-state index in [1.165, 1.54) is 42.7 Å². The van der Waals surface area contributed by atoms with Crippen molar-refractivity contribution >= 4 is 17.9 Å². The molecule has 0 saturated heterocycles. The molecule has 1 fully saturated rings. The Labute approximate surface area is 160 Å². The van der Waals surface area contributed by atoms with Crippen LogP contribution in [0.3, 0.4) is 0 Å². The lowest BCUT2D eigenvalue weighted by Crippen LogP contribution is -2.50. The largest absolute Gasteiger partial charge is 0.386 e. The van der Waals surface area contributed by atoms with Gasteiger partial charge in [0.1, 0.15) is 11.3 Å². The minimum absolute atomic E-state index is 0.243. The summed E-state index contributed by atoms with van der Waals surface area (Å²) in [6, 6.07) is 22.0. The van der Waals surface area contributed by atoms with Crippen LogP contribution in [0.4, 0.5) is 0 Å². The smallest absolute Gasteiger partial charge is 0.105 e. The Morgan fingerprint density at radius 3 is 1.81 bits per heavy atom. The van der Waals surface area contributed by atoms with Gasteiger partial charge in [-0.05, 0) is 63.8 Å². The van der Waals surface area contributed by atoms with Crippen LogP contribution in [0.25, 0.3) is 0 Å². The molecule has 2 heteroatoms. The van der Waals surface area contributed by atoms with Gasteiger partial charge in [-0.2, -0.15) is 0 Å². The Morgan fingerprint density at radius 1 is 0.923 bits per heavy atom. The molecule has 0 spiro atoms. The third-order valence-electron chi connectivity index (χ3n) is 6.87. The Morgan fingerprint density at radius 2 is 1.38 bits per heavy atom. The van der Waals surface area contributed by atoms with Crippen molar-refractivity contribution in [3.05, 3.63) is 60.7 Å². The number of benzene rings is 2. The molecule has 2 aromatic rings. The number of aliphatic hydroxyl groups is 1. The molecule has 1 N–H and O–H groups in total. The summed E-state index contributed by atoms with van der Waals surface area (Å²) in [4.78, 5) is 0. The Bertz CT molecular complexity index is 634. The predicted octanol–water partition coefficient (Wildman–Crippen LogP) is 5.39. The number of rotatable bonds is 6. The van der Waals surface area contributed by atoms with Gasteiger partial charge in [0, 0.05) is 0 Å². The van der Waals surface area contributed by atoms with Crippen molar-refractivity contribution in [2.24, 2.45) is 5.92 Å². The third-order valence-corrected chi connectivity index (χ3v) is 12.2. The highest BCUT2D eigenvalue weighted by molar-refractivity contribution is 7.90. The molecule has 2 atom stereocenters. The van der Waals surface area contributed by atoms with Crippen LogP contribution >= 0.6 is 7.26 Å². The van der Waals surface area contributed by atoms with Crippen molar-refractivity contribution in [1.29, 1.82) is 0 Å². The first-order chi connectivity index (χ1) is 12.5. The van der Waals surface area contributed by atoms with Crippen molar-refractivity contribution < 1.29 is 5.11 Å². The molecule has 140 valence electrons. The van der Waals surface area contributed by atoms with E-state index < -0.39 is 12.9 Å². The Hall–Kier alpha value is -1.17. The summed E-state index contributed by atoms with van der Waals surface area (Å²) in [5, 5.41) is 14.7. The zero-order chi connectivity index (χ0) is 18.6. The van der Waals surface area contributed by atoms with Gasteiger partial charge in [0.25, 0.3) is 0 Å². The van der Waals surface area contributed by atoms with E-state index >= 15 is 0 Å². The lowest BCUT2D eigenvalue weighted by Gasteiger charge is -2.44. The van der Waals surface area contributed by atoms with Gasteiger partial charge in [-0.15, -0.1) is 0 Å². The highest BCUT2D eigenvalue weighted by Crippen LogP contribution is 2.64. The maximum atomic E-state index is 11.8. The predicted molar refractivity (Wildman–Crippen MR) is 116 cm³/mol. The van der Waals surface area contributed by atoms with Gasteiger partial charge in [0.2, 0.25) is 0 Å². The van der Waals surface area contributed by atoms with Gasteiger partial charge >= 0.3 is 0 Å². The molecule has 1 nitrogen and oxygen atoms in total. The molecule has 0 aliphatic heterocycles. The first-order valence-electron chi connectivity index (χ1n) is 10.2. The van der Waals surface area contributed by atoms with Crippen molar-refractivity contribution in [2.75, 3.05) is 6.16 Å². The van der Waals surface area contributed by atoms with E-state index in [2.05, 4.69) is 81.4 Å². The van der Waals surface area contributed by atoms with E-state index in [-0.39, 0.29) is 5.66 Å². The molecule has 2 aromatic carbocycles. The molecule has 26 heavy (non-hydrogen) atoms. The quantitative estimate of drug-likeness (QED) is 0.677. The standard InChI is InChI=1S/C24H34OP/c1-4-26(22-16-10-6-11-17-22,23-18-12-7-13-19-23)20(2)24(3,25)21-14-8-5-9-15-21/h6-7,10-13,16-21,25H,4-5,8-9,14-15H2,1-3H3/q+1/t20-,24-/m0/s1. The highest BCUT2D eigenvalue weighted by atomic mass is 31.2. The summed E-state index contributed by atoms with van der Waals surface area (Å²) in [6.07, 6.45) is 7.29. The lowest BCUT2D eigenvalue weighted by molar-refractivity contribution is -0.0159. The van der Waals surface area contributed by atoms with E-state index in [1.54, 1.807) is 0 Å². The average molecular weight is 370 g/mol. The van der Waals surface area contributed by atoms with Crippen LogP contribution in [-0.2, 0) is 0 Å². The van der Waals surface area contributed by atoms with Crippen LogP contribution in [0.5, 0.6) is 0 Å². The molecular weight excluding hydrogens is 335 g/mol. The molecule has 0 aromatic heterocycles. The fraction of sp³-hybridized carbons (Fsp3) is 0.500. The van der Waals surface area contributed by atoms with Crippen molar-refractivity contribution in [1.82, 2.24) is 0 Å². The second-order valence-corrected chi connectivity index (χ2v) is 12.3. The van der Waals surface area contributed by atoms with Crippen LogP contribution in [-0.4, -0.2) is 22.5 Å². The molecule has 0 unspecified atom stereocenters. The normalized spacial score (nSPS) is 19.7. The van der Waals surface area contributed by atoms with Crippen molar-refractivity contribution in [2.45, 2.75) is 64.1 Å². The molecule has 0 radical (unpaired) electrons. The zero-order valence-electron chi connectivity index (χ0n) is 16.6. The molecule has 1 aliphatic carbocycles. The van der Waals surface area contributed by atoms with E-state index in [9.17, 15) is 5.11 Å². The zero-order valence-corrected chi connectivity index (χ0v) is 17.5. The SMILES string of the molecule is CC[P+](c1ccccc1)(c1ccccc1)[C@@H](C)[C@](C)(O)C1CCCCC1. The first kappa shape index (κ1) is 19.6. The molecule has 0 amide bonds. The maximum Gasteiger partial charge on any atom is 0.105 e. The van der Waals surface area contributed by atoms with Gasteiger partial charge in [-0.1, -0.05) is 55.7 Å². The fourth-order valence-corrected chi connectivity index (χ4v) is 10.1. The summed E-state index contributed by atoms with van der Waals surface area (Å²) in [5.74, 6) is 0.421. The Kier molecular flexibility index (Phi) is 6.21. The van der Waals surface area contributed by atoms with E-state index in [0.29, 0.717) is 5.92 Å². The van der Waals surface area contributed by atoms with Crippen LogP contribution in [0, 0.1) is 5.92 Å². The van der Waals surface area contributed by atoms with E-state index in [0.717, 1.165) is 6.16 Å². The van der Waals surface area contributed by atoms with Crippen LogP contribution in [0.1, 0.15) is 52.9 Å². The number of hydrogen-bond acceptors (Lipinski definition) is 1. The molecular formula is C24H34OP+.